The van der Waals surface area contributed by atoms with E-state index in [1.165, 1.54) is 7.40 Å². The lowest BCUT2D eigenvalue weighted by atomic mass is 10.4. The van der Waals surface area contributed by atoms with Crippen LogP contribution in [0.4, 0.5) is 0 Å². The van der Waals surface area contributed by atoms with Gasteiger partial charge >= 0.3 is 0 Å². The van der Waals surface area contributed by atoms with Gasteiger partial charge in [0.15, 0.2) is 0 Å². The van der Waals surface area contributed by atoms with Crippen LogP contribution in [0.5, 0.6) is 0 Å². The van der Waals surface area contributed by atoms with Crippen LogP contribution in [0.3, 0.4) is 0 Å². The summed E-state index contributed by atoms with van der Waals surface area (Å²) in [7, 11) is 1.25. The summed E-state index contributed by atoms with van der Waals surface area (Å²) in [5.74, 6) is 1.25. The lowest BCUT2D eigenvalue weighted by Crippen LogP contribution is -1.89. The maximum Gasteiger partial charge on any atom is 0.130 e. The van der Waals surface area contributed by atoms with Gasteiger partial charge in [0.1, 0.15) is 5.78 Å². The van der Waals surface area contributed by atoms with Crippen molar-refractivity contribution in [3.63, 3.8) is 0 Å². The number of carbonyl (C=O) groups excluding carboxylic acids is 1. The fourth-order valence-electron chi connectivity index (χ4n) is 0.246. The Morgan fingerprint density at radius 3 is 2.50 bits per heavy atom. The predicted molar refractivity (Wildman–Crippen MR) is 40.4 cm³/mol. The van der Waals surface area contributed by atoms with Gasteiger partial charge in [-0.2, -0.15) is 11.8 Å². The minimum absolute atomic E-state index is 0.286. The van der Waals surface area contributed by atoms with E-state index < -0.39 is 0 Å². The minimum atomic E-state index is 0.286. The summed E-state index contributed by atoms with van der Waals surface area (Å²) in [6.07, 6.45) is 2.73. The van der Waals surface area contributed by atoms with Gasteiger partial charge in [-0.15, -0.1) is 0 Å². The smallest absolute Gasteiger partial charge is 0.130 e. The molecule has 0 aromatic heterocycles. The zero-order chi connectivity index (χ0) is 7.70. The lowest BCUT2D eigenvalue weighted by molar-refractivity contribution is -0.116. The first kappa shape index (κ1) is 8.02. The van der Waals surface area contributed by atoms with Crippen molar-refractivity contribution in [3.8, 4) is 0 Å². The summed E-state index contributed by atoms with van der Waals surface area (Å²) >= 11 is 1.71. The highest BCUT2D eigenvalue weighted by molar-refractivity contribution is 7.98. The third-order valence-electron chi connectivity index (χ3n) is 0.658. The van der Waals surface area contributed by atoms with Crippen molar-refractivity contribution in [2.45, 2.75) is 20.7 Å². The monoisotopic (exact) mass is 135 g/mol. The SMILES string of the molecule is CSCCC(C)=O.[2H]C. The molecule has 0 bridgehead atoms. The molecule has 0 aliphatic heterocycles. The highest BCUT2D eigenvalue weighted by Gasteiger charge is 1.87. The molecule has 0 saturated heterocycles. The number of thioether (sulfide) groups is 1. The predicted octanol–water partition coefficient (Wildman–Crippen LogP) is 1.96. The molecule has 0 amide bonds. The maximum absolute atomic E-state index is 10.2. The molecule has 0 aliphatic carbocycles. The Morgan fingerprint density at radius 2 is 2.38 bits per heavy atom. The summed E-state index contributed by atoms with van der Waals surface area (Å²) < 4.78 is 5.75. The van der Waals surface area contributed by atoms with Gasteiger partial charge in [0.05, 0.1) is 0 Å². The first-order valence-corrected chi connectivity index (χ1v) is 3.65. The number of ketones is 1. The average molecular weight is 135 g/mol. The molecular formula is C6H14OS. The number of rotatable bonds is 3. The first-order chi connectivity index (χ1) is 4.27. The van der Waals surface area contributed by atoms with Crippen molar-refractivity contribution in [2.24, 2.45) is 0 Å². The van der Waals surface area contributed by atoms with Crippen LogP contribution in [0.15, 0.2) is 0 Å². The summed E-state index contributed by atoms with van der Waals surface area (Å²) in [4.78, 5) is 10.2. The van der Waals surface area contributed by atoms with Crippen LogP contribution in [0.2, 0.25) is 0 Å². The number of hydrogen-bond acceptors (Lipinski definition) is 2. The fourth-order valence-corrected chi connectivity index (χ4v) is 0.737. The Labute approximate surface area is 57.3 Å². The molecule has 0 atom stereocenters. The van der Waals surface area contributed by atoms with Crippen LogP contribution < -0.4 is 0 Å². The molecule has 0 unspecified atom stereocenters. The van der Waals surface area contributed by atoms with Gasteiger partial charge in [-0.25, -0.2) is 0 Å². The molecule has 0 aliphatic rings. The van der Waals surface area contributed by atoms with E-state index in [0.29, 0.717) is 0 Å². The van der Waals surface area contributed by atoms with Gasteiger partial charge < -0.3 is 0 Å². The summed E-state index contributed by atoms with van der Waals surface area (Å²) in [5.41, 5.74) is 0. The maximum atomic E-state index is 10.2. The number of Topliss-reactive ketones (excluding diaryl/α,β-unsaturated/α-hetero) is 1. The zero-order valence-corrected chi connectivity index (χ0v) is 6.55. The summed E-state index contributed by atoms with van der Waals surface area (Å²) in [6, 6.07) is 0. The van der Waals surface area contributed by atoms with Crippen molar-refractivity contribution in [3.05, 3.63) is 0 Å². The van der Waals surface area contributed by atoms with Gasteiger partial charge in [0.2, 0.25) is 0 Å². The van der Waals surface area contributed by atoms with Crippen molar-refractivity contribution in [1.29, 1.82) is 0 Å². The van der Waals surface area contributed by atoms with E-state index in [1.807, 2.05) is 6.26 Å². The second-order valence-electron chi connectivity index (χ2n) is 1.44. The molecule has 0 rings (SSSR count). The summed E-state index contributed by atoms with van der Waals surface area (Å²) in [6.45, 7) is 1.62. The molecule has 0 saturated carbocycles. The van der Waals surface area contributed by atoms with E-state index in [4.69, 9.17) is 1.37 Å². The van der Waals surface area contributed by atoms with Crippen molar-refractivity contribution in [2.75, 3.05) is 12.0 Å². The average Bonchev–Trinajstić information content (AvgIpc) is 1.88. The number of hydrogen-bond donors (Lipinski definition) is 0. The second-order valence-corrected chi connectivity index (χ2v) is 2.43. The van der Waals surface area contributed by atoms with Gasteiger partial charge in [-0.1, -0.05) is 7.40 Å². The van der Waals surface area contributed by atoms with Crippen LogP contribution in [0, 0.1) is 0 Å². The lowest BCUT2D eigenvalue weighted by Gasteiger charge is -1.86. The van der Waals surface area contributed by atoms with Crippen LogP contribution >= 0.6 is 11.8 Å². The fraction of sp³-hybridized carbons (Fsp3) is 0.833. The Hall–Kier alpha value is 0.0200. The topological polar surface area (TPSA) is 17.1 Å². The molecule has 1 nitrogen and oxygen atoms in total. The zero-order valence-electron chi connectivity index (χ0n) is 6.73. The molecule has 0 N–H and O–H groups in total. The molecule has 0 aromatic rings. The molecule has 0 heterocycles. The molecule has 8 heavy (non-hydrogen) atoms. The molecule has 2 heteroatoms. The van der Waals surface area contributed by atoms with E-state index >= 15 is 0 Å². The molecule has 50 valence electrons. The van der Waals surface area contributed by atoms with Crippen LogP contribution in [0.25, 0.3) is 0 Å². The quantitative estimate of drug-likeness (QED) is 0.588. The standard InChI is InChI=1S/C5H10OS.CH4/c1-5(6)3-4-7-2;/h3-4H2,1-2H3;1H4/i;1D. The molecule has 0 fully saturated rings. The van der Waals surface area contributed by atoms with Gasteiger partial charge in [0, 0.05) is 7.79 Å². The largest absolute Gasteiger partial charge is 0.300 e. The van der Waals surface area contributed by atoms with Crippen molar-refractivity contribution >= 4 is 17.5 Å². The van der Waals surface area contributed by atoms with Crippen molar-refractivity contribution in [1.82, 2.24) is 0 Å². The Kier molecular flexibility index (Phi) is 7.04. The number of carbonyl (C=O) groups is 1. The Balaban J connectivity index is 0. The summed E-state index contributed by atoms with van der Waals surface area (Å²) in [5, 5.41) is 0. The van der Waals surface area contributed by atoms with Crippen LogP contribution in [0.1, 0.15) is 22.1 Å². The minimum Gasteiger partial charge on any atom is -0.300 e. The highest BCUT2D eigenvalue weighted by atomic mass is 32.2. The molecular weight excluding hydrogens is 120 g/mol. The first-order valence-electron chi connectivity index (χ1n) is 3.25. The van der Waals surface area contributed by atoms with Gasteiger partial charge in [-0.05, 0) is 18.9 Å². The van der Waals surface area contributed by atoms with E-state index in [9.17, 15) is 4.79 Å². The third-order valence-corrected chi connectivity index (χ3v) is 1.27. The molecule has 0 spiro atoms. The Bertz CT molecular complexity index is 66.1. The molecule has 0 aromatic carbocycles. The van der Waals surface area contributed by atoms with E-state index in [-0.39, 0.29) is 5.78 Å². The Morgan fingerprint density at radius 1 is 1.88 bits per heavy atom. The van der Waals surface area contributed by atoms with Crippen LogP contribution in [-0.4, -0.2) is 17.8 Å². The second kappa shape index (κ2) is 7.02. The van der Waals surface area contributed by atoms with E-state index in [1.54, 1.807) is 18.7 Å². The van der Waals surface area contributed by atoms with Crippen LogP contribution in [-0.2, 0) is 4.79 Å². The van der Waals surface area contributed by atoms with E-state index in [0.717, 1.165) is 12.2 Å². The van der Waals surface area contributed by atoms with Crippen molar-refractivity contribution < 1.29 is 6.17 Å². The third kappa shape index (κ3) is 9.39. The highest BCUT2D eigenvalue weighted by Crippen LogP contribution is 1.94. The van der Waals surface area contributed by atoms with Gasteiger partial charge in [-0.3, -0.25) is 4.79 Å². The normalized spacial score (nSPS) is 8.62. The molecule has 0 radical (unpaired) electrons. The van der Waals surface area contributed by atoms with Gasteiger partial charge in [0.25, 0.3) is 0 Å². The van der Waals surface area contributed by atoms with E-state index in [2.05, 4.69) is 0 Å².